The lowest BCUT2D eigenvalue weighted by atomic mass is 10.1. The van der Waals surface area contributed by atoms with Crippen molar-refractivity contribution in [3.8, 4) is 0 Å². The summed E-state index contributed by atoms with van der Waals surface area (Å²) in [5, 5.41) is 8.97. The number of nitrogens with zero attached hydrogens (tertiary/aromatic N) is 2. The van der Waals surface area contributed by atoms with Crippen LogP contribution in [0.1, 0.15) is 6.42 Å². The van der Waals surface area contributed by atoms with Gasteiger partial charge in [0.05, 0.1) is 5.92 Å². The minimum atomic E-state index is -1.08. The van der Waals surface area contributed by atoms with Crippen molar-refractivity contribution in [2.75, 3.05) is 25.0 Å². The van der Waals surface area contributed by atoms with Crippen LogP contribution in [0.15, 0.2) is 30.3 Å². The predicted octanol–water partition coefficient (Wildman–Crippen LogP) is 0.582. The van der Waals surface area contributed by atoms with E-state index in [9.17, 15) is 14.4 Å². The number of aliphatic carboxylic acids is 1. The maximum atomic E-state index is 12.5. The van der Waals surface area contributed by atoms with E-state index in [1.54, 1.807) is 37.4 Å². The molecule has 1 aromatic rings. The number of carbonyl (C=O) groups is 3. The van der Waals surface area contributed by atoms with E-state index in [4.69, 9.17) is 5.11 Å². The summed E-state index contributed by atoms with van der Waals surface area (Å²) in [6.07, 6.45) is 0.137. The fourth-order valence-corrected chi connectivity index (χ4v) is 2.29. The number of carboxylic acid groups (broad SMARTS) is 1. The Kier molecular flexibility index (Phi) is 4.02. The van der Waals surface area contributed by atoms with Crippen molar-refractivity contribution in [2.24, 2.45) is 5.92 Å². The van der Waals surface area contributed by atoms with Crippen molar-refractivity contribution < 1.29 is 19.5 Å². The highest BCUT2D eigenvalue weighted by Gasteiger charge is 2.35. The zero-order chi connectivity index (χ0) is 14.7. The predicted molar refractivity (Wildman–Crippen MR) is 72.2 cm³/mol. The molecule has 1 unspecified atom stereocenters. The van der Waals surface area contributed by atoms with Gasteiger partial charge in [0.1, 0.15) is 6.54 Å². The molecule has 1 aliphatic rings. The van der Waals surface area contributed by atoms with Gasteiger partial charge in [0.15, 0.2) is 0 Å². The molecule has 1 heterocycles. The van der Waals surface area contributed by atoms with Crippen LogP contribution in [0.3, 0.4) is 0 Å². The molecule has 1 N–H and O–H groups in total. The van der Waals surface area contributed by atoms with E-state index in [0.29, 0.717) is 12.2 Å². The van der Waals surface area contributed by atoms with Gasteiger partial charge in [0, 0.05) is 25.7 Å². The number of likely N-dealkylation sites (tertiary alicyclic amines) is 1. The maximum Gasteiger partial charge on any atom is 0.323 e. The third kappa shape index (κ3) is 2.96. The molecule has 20 heavy (non-hydrogen) atoms. The molecule has 1 aliphatic heterocycles. The molecule has 0 bridgehead atoms. The summed E-state index contributed by atoms with van der Waals surface area (Å²) in [4.78, 5) is 37.6. The first-order valence-corrected chi connectivity index (χ1v) is 6.31. The van der Waals surface area contributed by atoms with Gasteiger partial charge in [-0.2, -0.15) is 0 Å². The summed E-state index contributed by atoms with van der Waals surface area (Å²) in [6.45, 7) is -0.0716. The monoisotopic (exact) mass is 276 g/mol. The van der Waals surface area contributed by atoms with Crippen LogP contribution in [-0.4, -0.2) is 47.9 Å². The van der Waals surface area contributed by atoms with E-state index >= 15 is 0 Å². The Bertz CT molecular complexity index is 529. The first-order valence-electron chi connectivity index (χ1n) is 6.31. The van der Waals surface area contributed by atoms with Gasteiger partial charge in [-0.1, -0.05) is 18.2 Å². The van der Waals surface area contributed by atoms with Crippen molar-refractivity contribution in [1.29, 1.82) is 0 Å². The van der Waals surface area contributed by atoms with Crippen LogP contribution in [0.4, 0.5) is 5.69 Å². The number of anilines is 1. The summed E-state index contributed by atoms with van der Waals surface area (Å²) in [5.41, 5.74) is 0.530. The van der Waals surface area contributed by atoms with Crippen molar-refractivity contribution in [3.05, 3.63) is 30.3 Å². The molecule has 2 amide bonds. The van der Waals surface area contributed by atoms with E-state index < -0.39 is 18.4 Å². The van der Waals surface area contributed by atoms with Crippen molar-refractivity contribution in [1.82, 2.24) is 4.90 Å². The highest BCUT2D eigenvalue weighted by Crippen LogP contribution is 2.22. The van der Waals surface area contributed by atoms with Gasteiger partial charge in [-0.25, -0.2) is 0 Å². The fourth-order valence-electron chi connectivity index (χ4n) is 2.29. The number of carboxylic acids is 1. The van der Waals surface area contributed by atoms with E-state index in [1.165, 1.54) is 9.80 Å². The van der Waals surface area contributed by atoms with Crippen LogP contribution >= 0.6 is 0 Å². The van der Waals surface area contributed by atoms with E-state index in [2.05, 4.69) is 0 Å². The van der Waals surface area contributed by atoms with Gasteiger partial charge < -0.3 is 14.9 Å². The van der Waals surface area contributed by atoms with Gasteiger partial charge in [-0.05, 0) is 12.1 Å². The molecule has 1 atom stereocenters. The number of hydrogen-bond acceptors (Lipinski definition) is 3. The Hall–Kier alpha value is -2.37. The second-order valence-corrected chi connectivity index (χ2v) is 4.83. The van der Waals surface area contributed by atoms with Crippen molar-refractivity contribution >= 4 is 23.5 Å². The van der Waals surface area contributed by atoms with Crippen LogP contribution in [0.5, 0.6) is 0 Å². The average Bonchev–Trinajstić information content (AvgIpc) is 2.76. The average molecular weight is 276 g/mol. The third-order valence-electron chi connectivity index (χ3n) is 3.32. The normalized spacial score (nSPS) is 18.1. The molecule has 6 heteroatoms. The molecule has 1 aromatic carbocycles. The largest absolute Gasteiger partial charge is 0.480 e. The standard InChI is InChI=1S/C14H16N2O4/c1-15-8-10(7-12(15)17)14(20)16(9-13(18)19)11-5-3-2-4-6-11/h2-6,10H,7-9H2,1H3,(H,18,19). The topological polar surface area (TPSA) is 77.9 Å². The number of carbonyl (C=O) groups excluding carboxylic acids is 2. The number of hydrogen-bond donors (Lipinski definition) is 1. The molecular weight excluding hydrogens is 260 g/mol. The van der Waals surface area contributed by atoms with E-state index in [-0.39, 0.29) is 18.2 Å². The molecule has 0 aromatic heterocycles. The lowest BCUT2D eigenvalue weighted by molar-refractivity contribution is -0.137. The van der Waals surface area contributed by atoms with Crippen LogP contribution in [0, 0.1) is 5.92 Å². The molecule has 0 radical (unpaired) electrons. The second-order valence-electron chi connectivity index (χ2n) is 4.83. The van der Waals surface area contributed by atoms with Crippen LogP contribution in [0.25, 0.3) is 0 Å². The minimum absolute atomic E-state index is 0.0910. The fraction of sp³-hybridized carbons (Fsp3) is 0.357. The van der Waals surface area contributed by atoms with Gasteiger partial charge >= 0.3 is 5.97 Å². The van der Waals surface area contributed by atoms with Gasteiger partial charge in [0.25, 0.3) is 0 Å². The van der Waals surface area contributed by atoms with E-state index in [0.717, 1.165) is 0 Å². The molecule has 1 fully saturated rings. The smallest absolute Gasteiger partial charge is 0.323 e. The molecule has 1 saturated heterocycles. The molecule has 6 nitrogen and oxygen atoms in total. The van der Waals surface area contributed by atoms with Crippen molar-refractivity contribution in [3.63, 3.8) is 0 Å². The Morgan fingerprint density at radius 1 is 1.35 bits per heavy atom. The summed E-state index contributed by atoms with van der Waals surface area (Å²) in [7, 11) is 1.64. The molecule has 0 saturated carbocycles. The zero-order valence-electron chi connectivity index (χ0n) is 11.2. The van der Waals surface area contributed by atoms with Gasteiger partial charge in [-0.15, -0.1) is 0 Å². The number of amides is 2. The zero-order valence-corrected chi connectivity index (χ0v) is 11.2. The SMILES string of the molecule is CN1CC(C(=O)N(CC(=O)O)c2ccccc2)CC1=O. The lowest BCUT2D eigenvalue weighted by Gasteiger charge is -2.23. The second kappa shape index (κ2) is 5.73. The van der Waals surface area contributed by atoms with Crippen LogP contribution in [0.2, 0.25) is 0 Å². The molecule has 0 aliphatic carbocycles. The Balaban J connectivity index is 2.21. The summed E-state index contributed by atoms with van der Waals surface area (Å²) in [5.74, 6) is -1.98. The highest BCUT2D eigenvalue weighted by molar-refractivity contribution is 6.01. The van der Waals surface area contributed by atoms with Crippen LogP contribution < -0.4 is 4.90 Å². The maximum absolute atomic E-state index is 12.5. The summed E-state index contributed by atoms with van der Waals surface area (Å²) >= 11 is 0. The minimum Gasteiger partial charge on any atom is -0.480 e. The van der Waals surface area contributed by atoms with E-state index in [1.807, 2.05) is 0 Å². The lowest BCUT2D eigenvalue weighted by Crippen LogP contribution is -2.40. The Labute approximate surface area is 116 Å². The highest BCUT2D eigenvalue weighted by atomic mass is 16.4. The molecular formula is C14H16N2O4. The Morgan fingerprint density at radius 3 is 2.50 bits per heavy atom. The van der Waals surface area contributed by atoms with Gasteiger partial charge in [0.2, 0.25) is 11.8 Å². The molecule has 106 valence electrons. The number of para-hydroxylation sites is 1. The summed E-state index contributed by atoms with van der Waals surface area (Å²) < 4.78 is 0. The molecule has 0 spiro atoms. The van der Waals surface area contributed by atoms with Crippen molar-refractivity contribution in [2.45, 2.75) is 6.42 Å². The quantitative estimate of drug-likeness (QED) is 0.872. The molecule has 2 rings (SSSR count). The van der Waals surface area contributed by atoms with Gasteiger partial charge in [-0.3, -0.25) is 14.4 Å². The Morgan fingerprint density at radius 2 is 2.00 bits per heavy atom. The number of benzene rings is 1. The summed E-state index contributed by atoms with van der Waals surface area (Å²) in [6, 6.07) is 8.63. The first kappa shape index (κ1) is 14.0. The van der Waals surface area contributed by atoms with Crippen LogP contribution in [-0.2, 0) is 14.4 Å². The third-order valence-corrected chi connectivity index (χ3v) is 3.32. The number of rotatable bonds is 4. The first-order chi connectivity index (χ1) is 9.49.